The standard InChI is InChI=1S/C18H20N2O2S/c1-13-7-14(2)9-16(8-13)20-5-4-19(11-18(20)22)17(21)10-15-3-6-23-12-15/h3,6-9,12H,4-5,10-11H2,1-2H3. The highest BCUT2D eigenvalue weighted by Crippen LogP contribution is 2.21. The highest BCUT2D eigenvalue weighted by atomic mass is 32.1. The Morgan fingerprint density at radius 3 is 2.52 bits per heavy atom. The van der Waals surface area contributed by atoms with E-state index in [0.717, 1.165) is 22.4 Å². The lowest BCUT2D eigenvalue weighted by Crippen LogP contribution is -2.52. The van der Waals surface area contributed by atoms with Gasteiger partial charge in [-0.05, 0) is 59.5 Å². The molecule has 4 nitrogen and oxygen atoms in total. The maximum atomic E-state index is 12.5. The van der Waals surface area contributed by atoms with Crippen LogP contribution >= 0.6 is 11.3 Å². The molecule has 1 fully saturated rings. The predicted molar refractivity (Wildman–Crippen MR) is 92.9 cm³/mol. The second-order valence-electron chi connectivity index (χ2n) is 6.01. The molecular formula is C18H20N2O2S. The molecule has 1 aliphatic rings. The molecule has 0 aliphatic carbocycles. The fraction of sp³-hybridized carbons (Fsp3) is 0.333. The van der Waals surface area contributed by atoms with Gasteiger partial charge in [-0.1, -0.05) is 6.07 Å². The van der Waals surface area contributed by atoms with Gasteiger partial charge in [0.1, 0.15) is 6.54 Å². The number of piperazine rings is 1. The summed E-state index contributed by atoms with van der Waals surface area (Å²) in [6.45, 7) is 5.36. The van der Waals surface area contributed by atoms with Gasteiger partial charge in [-0.15, -0.1) is 0 Å². The lowest BCUT2D eigenvalue weighted by atomic mass is 10.1. The number of carbonyl (C=O) groups is 2. The van der Waals surface area contributed by atoms with Crippen molar-refractivity contribution in [2.24, 2.45) is 0 Å². The number of rotatable bonds is 3. The van der Waals surface area contributed by atoms with Gasteiger partial charge in [-0.3, -0.25) is 9.59 Å². The quantitative estimate of drug-likeness (QED) is 0.869. The topological polar surface area (TPSA) is 40.6 Å². The lowest BCUT2D eigenvalue weighted by molar-refractivity contribution is -0.136. The zero-order chi connectivity index (χ0) is 16.4. The molecule has 120 valence electrons. The maximum Gasteiger partial charge on any atom is 0.246 e. The van der Waals surface area contributed by atoms with Gasteiger partial charge in [-0.2, -0.15) is 11.3 Å². The van der Waals surface area contributed by atoms with Gasteiger partial charge in [0.2, 0.25) is 11.8 Å². The Kier molecular flexibility index (Phi) is 4.48. The average molecular weight is 328 g/mol. The Morgan fingerprint density at radius 2 is 1.91 bits per heavy atom. The first-order chi connectivity index (χ1) is 11.0. The number of thiophene rings is 1. The average Bonchev–Trinajstić information content (AvgIpc) is 2.99. The first kappa shape index (κ1) is 15.7. The van der Waals surface area contributed by atoms with Crippen LogP contribution in [0.25, 0.3) is 0 Å². The van der Waals surface area contributed by atoms with Gasteiger partial charge >= 0.3 is 0 Å². The molecule has 3 rings (SSSR count). The first-order valence-corrected chi connectivity index (χ1v) is 8.65. The van der Waals surface area contributed by atoms with Crippen molar-refractivity contribution < 1.29 is 9.59 Å². The summed E-state index contributed by atoms with van der Waals surface area (Å²) in [5.41, 5.74) is 4.23. The van der Waals surface area contributed by atoms with Crippen molar-refractivity contribution in [3.63, 3.8) is 0 Å². The summed E-state index contributed by atoms with van der Waals surface area (Å²) in [5.74, 6) is 0.0109. The van der Waals surface area contributed by atoms with E-state index in [1.807, 2.05) is 42.8 Å². The van der Waals surface area contributed by atoms with Crippen LogP contribution in [0.3, 0.4) is 0 Å². The zero-order valence-electron chi connectivity index (χ0n) is 13.4. The monoisotopic (exact) mass is 328 g/mol. The molecule has 0 spiro atoms. The first-order valence-electron chi connectivity index (χ1n) is 7.70. The fourth-order valence-corrected chi connectivity index (χ4v) is 3.61. The van der Waals surface area contributed by atoms with Crippen LogP contribution in [0.2, 0.25) is 0 Å². The van der Waals surface area contributed by atoms with Crippen molar-refractivity contribution in [2.75, 3.05) is 24.5 Å². The minimum atomic E-state index is -0.0140. The highest BCUT2D eigenvalue weighted by Gasteiger charge is 2.28. The van der Waals surface area contributed by atoms with Crippen LogP contribution in [-0.2, 0) is 16.0 Å². The van der Waals surface area contributed by atoms with Crippen LogP contribution < -0.4 is 4.90 Å². The lowest BCUT2D eigenvalue weighted by Gasteiger charge is -2.34. The van der Waals surface area contributed by atoms with Crippen LogP contribution in [0.1, 0.15) is 16.7 Å². The normalized spacial score (nSPS) is 15.1. The summed E-state index contributed by atoms with van der Waals surface area (Å²) in [6.07, 6.45) is 0.375. The second kappa shape index (κ2) is 6.54. The third-order valence-electron chi connectivity index (χ3n) is 4.03. The molecule has 1 aromatic carbocycles. The Morgan fingerprint density at radius 1 is 1.17 bits per heavy atom. The van der Waals surface area contributed by atoms with Crippen LogP contribution in [0.4, 0.5) is 5.69 Å². The fourth-order valence-electron chi connectivity index (χ4n) is 2.95. The molecule has 23 heavy (non-hydrogen) atoms. The number of hydrogen-bond donors (Lipinski definition) is 0. The van der Waals surface area contributed by atoms with Gasteiger partial charge < -0.3 is 9.80 Å². The number of aryl methyl sites for hydroxylation is 2. The molecule has 1 aromatic heterocycles. The Labute approximate surface area is 140 Å². The zero-order valence-corrected chi connectivity index (χ0v) is 14.2. The number of benzene rings is 1. The third kappa shape index (κ3) is 3.62. The molecule has 0 saturated carbocycles. The number of amides is 2. The van der Waals surface area contributed by atoms with Crippen molar-refractivity contribution in [3.8, 4) is 0 Å². The van der Waals surface area contributed by atoms with E-state index in [-0.39, 0.29) is 18.4 Å². The molecule has 0 bridgehead atoms. The minimum Gasteiger partial charge on any atom is -0.331 e. The van der Waals surface area contributed by atoms with E-state index in [1.54, 1.807) is 21.1 Å². The molecule has 0 unspecified atom stereocenters. The van der Waals surface area contributed by atoms with Crippen LogP contribution in [0.15, 0.2) is 35.0 Å². The van der Waals surface area contributed by atoms with E-state index in [9.17, 15) is 9.59 Å². The van der Waals surface area contributed by atoms with E-state index in [4.69, 9.17) is 0 Å². The van der Waals surface area contributed by atoms with E-state index >= 15 is 0 Å². The molecular weight excluding hydrogens is 308 g/mol. The molecule has 0 N–H and O–H groups in total. The Balaban J connectivity index is 1.67. The molecule has 1 saturated heterocycles. The number of hydrogen-bond acceptors (Lipinski definition) is 3. The summed E-state index contributed by atoms with van der Waals surface area (Å²) >= 11 is 1.58. The number of nitrogens with zero attached hydrogens (tertiary/aromatic N) is 2. The molecule has 2 aromatic rings. The van der Waals surface area contributed by atoms with Crippen LogP contribution in [0.5, 0.6) is 0 Å². The van der Waals surface area contributed by atoms with Crippen molar-refractivity contribution in [1.82, 2.24) is 4.90 Å². The van der Waals surface area contributed by atoms with Crippen molar-refractivity contribution in [1.29, 1.82) is 0 Å². The van der Waals surface area contributed by atoms with Gasteiger partial charge in [0.25, 0.3) is 0 Å². The van der Waals surface area contributed by atoms with Crippen LogP contribution in [0, 0.1) is 13.8 Å². The van der Waals surface area contributed by atoms with Crippen LogP contribution in [-0.4, -0.2) is 36.3 Å². The van der Waals surface area contributed by atoms with E-state index in [1.165, 1.54) is 0 Å². The van der Waals surface area contributed by atoms with Gasteiger partial charge in [0, 0.05) is 18.8 Å². The van der Waals surface area contributed by atoms with Crippen molar-refractivity contribution in [3.05, 3.63) is 51.7 Å². The van der Waals surface area contributed by atoms with Gasteiger partial charge in [-0.25, -0.2) is 0 Å². The smallest absolute Gasteiger partial charge is 0.246 e. The van der Waals surface area contributed by atoms with E-state index in [2.05, 4.69) is 6.07 Å². The molecule has 5 heteroatoms. The molecule has 2 amide bonds. The van der Waals surface area contributed by atoms with E-state index < -0.39 is 0 Å². The van der Waals surface area contributed by atoms with E-state index in [0.29, 0.717) is 19.5 Å². The van der Waals surface area contributed by atoms with Crippen molar-refractivity contribution >= 4 is 28.8 Å². The Hall–Kier alpha value is -2.14. The van der Waals surface area contributed by atoms with Gasteiger partial charge in [0.05, 0.1) is 6.42 Å². The second-order valence-corrected chi connectivity index (χ2v) is 6.79. The van der Waals surface area contributed by atoms with Crippen molar-refractivity contribution in [2.45, 2.75) is 20.3 Å². The largest absolute Gasteiger partial charge is 0.331 e. The molecule has 1 aliphatic heterocycles. The molecule has 0 atom stereocenters. The maximum absolute atomic E-state index is 12.5. The summed E-state index contributed by atoms with van der Waals surface area (Å²) < 4.78 is 0. The number of carbonyl (C=O) groups excluding carboxylic acids is 2. The highest BCUT2D eigenvalue weighted by molar-refractivity contribution is 7.08. The van der Waals surface area contributed by atoms with Gasteiger partial charge in [0.15, 0.2) is 0 Å². The number of anilines is 1. The summed E-state index contributed by atoms with van der Waals surface area (Å²) in [6, 6.07) is 8.09. The third-order valence-corrected chi connectivity index (χ3v) is 4.76. The molecule has 2 heterocycles. The SMILES string of the molecule is Cc1cc(C)cc(N2CCN(C(=O)Cc3ccsc3)CC2=O)c1. The summed E-state index contributed by atoms with van der Waals surface area (Å²) in [7, 11) is 0. The summed E-state index contributed by atoms with van der Waals surface area (Å²) in [4.78, 5) is 28.2. The Bertz CT molecular complexity index is 704. The minimum absolute atomic E-state index is 0.0140. The molecule has 0 radical (unpaired) electrons. The predicted octanol–water partition coefficient (Wildman–Crippen LogP) is 2.78. The summed E-state index contributed by atoms with van der Waals surface area (Å²) in [5, 5.41) is 3.94.